The molecule has 2 fully saturated rings. The second kappa shape index (κ2) is 8.22. The number of nitrogens with one attached hydrogen (secondary N) is 1. The molecule has 0 saturated carbocycles. The van der Waals surface area contributed by atoms with Crippen molar-refractivity contribution in [3.8, 4) is 0 Å². The van der Waals surface area contributed by atoms with Gasteiger partial charge in [-0.1, -0.05) is 19.1 Å². The molecule has 2 heterocycles. The van der Waals surface area contributed by atoms with Crippen LogP contribution in [0.25, 0.3) is 0 Å². The average Bonchev–Trinajstić information content (AvgIpc) is 2.63. The summed E-state index contributed by atoms with van der Waals surface area (Å²) < 4.78 is 0. The first kappa shape index (κ1) is 18.2. The zero-order valence-corrected chi connectivity index (χ0v) is 16.0. The molecule has 0 unspecified atom stereocenters. The summed E-state index contributed by atoms with van der Waals surface area (Å²) in [5.74, 6) is 1.24. The van der Waals surface area contributed by atoms with Crippen LogP contribution < -0.4 is 10.2 Å². The Balaban J connectivity index is 1.53. The van der Waals surface area contributed by atoms with Crippen LogP contribution >= 0.6 is 0 Å². The minimum atomic E-state index is 0.0718. The molecule has 4 nitrogen and oxygen atoms in total. The van der Waals surface area contributed by atoms with Gasteiger partial charge in [-0.05, 0) is 76.4 Å². The first-order valence-electron chi connectivity index (χ1n) is 9.86. The number of nitrogens with zero attached hydrogens (tertiary/aromatic N) is 2. The SMILES string of the molecule is CC1CCN(c2ccc([C@@H](C)NC(=O)C3CCN(C)CC3)cc2)CC1. The minimum absolute atomic E-state index is 0.0718. The van der Waals surface area contributed by atoms with Gasteiger partial charge in [0, 0.05) is 24.7 Å². The normalized spacial score (nSPS) is 22.0. The Kier molecular flexibility index (Phi) is 6.00. The van der Waals surface area contributed by atoms with Gasteiger partial charge in [0.05, 0.1) is 6.04 Å². The zero-order valence-electron chi connectivity index (χ0n) is 16.0. The van der Waals surface area contributed by atoms with Crippen LogP contribution in [0, 0.1) is 11.8 Å². The van der Waals surface area contributed by atoms with Crippen molar-refractivity contribution in [2.75, 3.05) is 38.1 Å². The molecule has 0 aromatic heterocycles. The van der Waals surface area contributed by atoms with Gasteiger partial charge < -0.3 is 15.1 Å². The van der Waals surface area contributed by atoms with E-state index in [-0.39, 0.29) is 17.9 Å². The first-order valence-corrected chi connectivity index (χ1v) is 9.86. The Labute approximate surface area is 152 Å². The van der Waals surface area contributed by atoms with Crippen LogP contribution in [0.15, 0.2) is 24.3 Å². The van der Waals surface area contributed by atoms with Crippen LogP contribution in [-0.2, 0) is 4.79 Å². The Hall–Kier alpha value is -1.55. The molecule has 0 radical (unpaired) electrons. The highest BCUT2D eigenvalue weighted by Crippen LogP contribution is 2.25. The predicted octanol–water partition coefficient (Wildman–Crippen LogP) is 3.44. The van der Waals surface area contributed by atoms with Crippen LogP contribution in [0.4, 0.5) is 5.69 Å². The number of anilines is 1. The number of amides is 1. The summed E-state index contributed by atoms with van der Waals surface area (Å²) in [6.45, 7) is 8.79. The fraction of sp³-hybridized carbons (Fsp3) is 0.667. The van der Waals surface area contributed by atoms with E-state index in [0.29, 0.717) is 0 Å². The lowest BCUT2D eigenvalue weighted by Crippen LogP contribution is -2.39. The standard InChI is InChI=1S/C21H33N3O/c1-16-8-14-24(15-9-16)20-6-4-18(5-7-20)17(2)22-21(25)19-10-12-23(3)13-11-19/h4-7,16-17,19H,8-15H2,1-3H3,(H,22,25)/t17-/m1/s1. The van der Waals surface area contributed by atoms with Crippen LogP contribution in [0.3, 0.4) is 0 Å². The van der Waals surface area contributed by atoms with Crippen molar-refractivity contribution in [3.63, 3.8) is 0 Å². The predicted molar refractivity (Wildman–Crippen MR) is 104 cm³/mol. The van der Waals surface area contributed by atoms with E-state index >= 15 is 0 Å². The van der Waals surface area contributed by atoms with Gasteiger partial charge in [0.1, 0.15) is 0 Å². The van der Waals surface area contributed by atoms with Gasteiger partial charge in [0.15, 0.2) is 0 Å². The fourth-order valence-electron chi connectivity index (χ4n) is 3.93. The van der Waals surface area contributed by atoms with E-state index in [1.807, 2.05) is 0 Å². The molecule has 1 aromatic rings. The molecule has 2 saturated heterocycles. The van der Waals surface area contributed by atoms with Crippen molar-refractivity contribution < 1.29 is 4.79 Å². The summed E-state index contributed by atoms with van der Waals surface area (Å²) in [5.41, 5.74) is 2.50. The summed E-state index contributed by atoms with van der Waals surface area (Å²) in [6.07, 6.45) is 4.51. The molecule has 138 valence electrons. The fourth-order valence-corrected chi connectivity index (χ4v) is 3.93. The highest BCUT2D eigenvalue weighted by molar-refractivity contribution is 5.79. The third-order valence-electron chi connectivity index (χ3n) is 5.99. The number of hydrogen-bond donors (Lipinski definition) is 1. The van der Waals surface area contributed by atoms with Gasteiger partial charge in [-0.15, -0.1) is 0 Å². The number of hydrogen-bond acceptors (Lipinski definition) is 3. The molecule has 0 spiro atoms. The Bertz CT molecular complexity index is 555. The van der Waals surface area contributed by atoms with Gasteiger partial charge in [-0.2, -0.15) is 0 Å². The van der Waals surface area contributed by atoms with Gasteiger partial charge in [-0.3, -0.25) is 4.79 Å². The number of benzene rings is 1. The van der Waals surface area contributed by atoms with Crippen molar-refractivity contribution >= 4 is 11.6 Å². The molecule has 4 heteroatoms. The van der Waals surface area contributed by atoms with Crippen LogP contribution in [0.2, 0.25) is 0 Å². The minimum Gasteiger partial charge on any atom is -0.372 e. The van der Waals surface area contributed by atoms with E-state index in [9.17, 15) is 4.79 Å². The largest absolute Gasteiger partial charge is 0.372 e. The maximum absolute atomic E-state index is 12.5. The van der Waals surface area contributed by atoms with Crippen molar-refractivity contribution in [2.24, 2.45) is 11.8 Å². The van der Waals surface area contributed by atoms with E-state index in [0.717, 1.165) is 44.9 Å². The quantitative estimate of drug-likeness (QED) is 0.910. The second-order valence-corrected chi connectivity index (χ2v) is 8.07. The number of carbonyl (C=O) groups is 1. The van der Waals surface area contributed by atoms with Gasteiger partial charge >= 0.3 is 0 Å². The smallest absolute Gasteiger partial charge is 0.223 e. The molecule has 0 aliphatic carbocycles. The van der Waals surface area contributed by atoms with Crippen molar-refractivity contribution in [1.29, 1.82) is 0 Å². The third-order valence-corrected chi connectivity index (χ3v) is 5.99. The molecule has 25 heavy (non-hydrogen) atoms. The van der Waals surface area contributed by atoms with E-state index < -0.39 is 0 Å². The Morgan fingerprint density at radius 1 is 1.04 bits per heavy atom. The molecule has 0 bridgehead atoms. The first-order chi connectivity index (χ1) is 12.0. The third kappa shape index (κ3) is 4.75. The van der Waals surface area contributed by atoms with Gasteiger partial charge in [0.2, 0.25) is 5.91 Å². The van der Waals surface area contributed by atoms with E-state index in [1.54, 1.807) is 0 Å². The van der Waals surface area contributed by atoms with Gasteiger partial charge in [-0.25, -0.2) is 0 Å². The van der Waals surface area contributed by atoms with Crippen LogP contribution in [0.1, 0.15) is 51.1 Å². The molecule has 1 aromatic carbocycles. The number of likely N-dealkylation sites (tertiary alicyclic amines) is 1. The summed E-state index contributed by atoms with van der Waals surface area (Å²) >= 11 is 0. The molecule has 2 aliphatic rings. The van der Waals surface area contributed by atoms with Crippen LogP contribution in [-0.4, -0.2) is 44.0 Å². The second-order valence-electron chi connectivity index (χ2n) is 8.07. The lowest BCUT2D eigenvalue weighted by Gasteiger charge is -2.32. The molecule has 1 N–H and O–H groups in total. The number of carbonyl (C=O) groups excluding carboxylic acids is 1. The maximum atomic E-state index is 12.5. The Morgan fingerprint density at radius 3 is 2.24 bits per heavy atom. The maximum Gasteiger partial charge on any atom is 0.223 e. The van der Waals surface area contributed by atoms with Crippen molar-refractivity contribution in [1.82, 2.24) is 10.2 Å². The molecule has 1 amide bonds. The molecular formula is C21H33N3O. The highest BCUT2D eigenvalue weighted by Gasteiger charge is 2.24. The van der Waals surface area contributed by atoms with Gasteiger partial charge in [0.25, 0.3) is 0 Å². The number of piperidine rings is 2. The monoisotopic (exact) mass is 343 g/mol. The average molecular weight is 344 g/mol. The lowest BCUT2D eigenvalue weighted by atomic mass is 9.95. The summed E-state index contributed by atoms with van der Waals surface area (Å²) in [7, 11) is 2.13. The lowest BCUT2D eigenvalue weighted by molar-refractivity contribution is -0.127. The van der Waals surface area contributed by atoms with Crippen LogP contribution in [0.5, 0.6) is 0 Å². The molecule has 2 aliphatic heterocycles. The van der Waals surface area contributed by atoms with E-state index in [1.165, 1.54) is 24.1 Å². The van der Waals surface area contributed by atoms with Crippen molar-refractivity contribution in [2.45, 2.75) is 45.6 Å². The topological polar surface area (TPSA) is 35.6 Å². The molecular weight excluding hydrogens is 310 g/mol. The summed E-state index contributed by atoms with van der Waals surface area (Å²) in [5, 5.41) is 3.21. The van der Waals surface area contributed by atoms with E-state index in [2.05, 4.69) is 60.3 Å². The van der Waals surface area contributed by atoms with Crippen molar-refractivity contribution in [3.05, 3.63) is 29.8 Å². The summed E-state index contributed by atoms with van der Waals surface area (Å²) in [6, 6.07) is 8.84. The highest BCUT2D eigenvalue weighted by atomic mass is 16.1. The number of rotatable bonds is 4. The molecule has 1 atom stereocenters. The van der Waals surface area contributed by atoms with E-state index in [4.69, 9.17) is 0 Å². The molecule has 3 rings (SSSR count). The zero-order chi connectivity index (χ0) is 17.8. The summed E-state index contributed by atoms with van der Waals surface area (Å²) in [4.78, 5) is 17.3. The Morgan fingerprint density at radius 2 is 1.64 bits per heavy atom.